The third-order valence-electron chi connectivity index (χ3n) is 7.93. The maximum Gasteiger partial charge on any atom is 0.303 e. The van der Waals surface area contributed by atoms with Crippen LogP contribution in [0.1, 0.15) is 70.6 Å². The summed E-state index contributed by atoms with van der Waals surface area (Å²) >= 11 is 0. The highest BCUT2D eigenvalue weighted by Crippen LogP contribution is 2.39. The number of ether oxygens (including phenoxy) is 5. The second-order valence-corrected chi connectivity index (χ2v) is 11.1. The van der Waals surface area contributed by atoms with Gasteiger partial charge in [-0.05, 0) is 88.0 Å². The Morgan fingerprint density at radius 3 is 2.46 bits per heavy atom. The van der Waals surface area contributed by atoms with Gasteiger partial charge in [-0.1, -0.05) is 24.3 Å². The van der Waals surface area contributed by atoms with Crippen LogP contribution in [0.15, 0.2) is 48.6 Å². The molecule has 2 saturated heterocycles. The van der Waals surface area contributed by atoms with E-state index in [9.17, 15) is 14.3 Å². The van der Waals surface area contributed by atoms with Crippen LogP contribution in [0.25, 0.3) is 0 Å². The van der Waals surface area contributed by atoms with Crippen LogP contribution in [-0.2, 0) is 23.7 Å². The van der Waals surface area contributed by atoms with E-state index in [0.29, 0.717) is 44.6 Å². The molecule has 1 saturated carbocycles. The van der Waals surface area contributed by atoms with Crippen molar-refractivity contribution in [3.05, 3.63) is 54.4 Å². The first kappa shape index (κ1) is 31.6. The molecule has 7 atom stereocenters. The number of carboxylic acids is 1. The second kappa shape index (κ2) is 17.0. The first-order valence-electron chi connectivity index (χ1n) is 15.1. The number of benzene rings is 1. The van der Waals surface area contributed by atoms with Crippen molar-refractivity contribution in [1.82, 2.24) is 0 Å². The smallest absolute Gasteiger partial charge is 0.303 e. The van der Waals surface area contributed by atoms with E-state index in [1.807, 2.05) is 18.2 Å². The normalized spacial score (nSPS) is 29.7. The Hall–Kier alpha value is -2.30. The Balaban J connectivity index is 1.45. The van der Waals surface area contributed by atoms with Crippen molar-refractivity contribution in [2.24, 2.45) is 11.8 Å². The summed E-state index contributed by atoms with van der Waals surface area (Å²) in [5, 5.41) is 19.9. The highest BCUT2D eigenvalue weighted by Gasteiger charge is 2.42. The lowest BCUT2D eigenvalue weighted by atomic mass is 9.89. The van der Waals surface area contributed by atoms with Crippen LogP contribution in [0.3, 0.4) is 0 Å². The van der Waals surface area contributed by atoms with Crippen LogP contribution in [0.4, 0.5) is 4.39 Å². The molecule has 9 heteroatoms. The third kappa shape index (κ3) is 10.8. The summed E-state index contributed by atoms with van der Waals surface area (Å²) in [7, 11) is 0. The fourth-order valence-corrected chi connectivity index (χ4v) is 5.70. The van der Waals surface area contributed by atoms with Crippen molar-refractivity contribution in [3.8, 4) is 5.75 Å². The highest BCUT2D eigenvalue weighted by atomic mass is 19.1. The van der Waals surface area contributed by atoms with Gasteiger partial charge in [0, 0.05) is 32.0 Å². The fourth-order valence-electron chi connectivity index (χ4n) is 5.70. The number of aliphatic hydroxyl groups is 1. The minimum atomic E-state index is -0.793. The summed E-state index contributed by atoms with van der Waals surface area (Å²) in [4.78, 5) is 10.8. The molecule has 1 aromatic rings. The van der Waals surface area contributed by atoms with Gasteiger partial charge >= 0.3 is 5.97 Å². The van der Waals surface area contributed by atoms with E-state index < -0.39 is 18.2 Å². The average molecular weight is 577 g/mol. The lowest BCUT2D eigenvalue weighted by Gasteiger charge is -2.30. The van der Waals surface area contributed by atoms with Crippen molar-refractivity contribution in [1.29, 1.82) is 0 Å². The molecule has 1 aliphatic carbocycles. The molecule has 8 nitrogen and oxygen atoms in total. The van der Waals surface area contributed by atoms with E-state index in [0.717, 1.165) is 38.5 Å². The summed E-state index contributed by atoms with van der Waals surface area (Å²) in [6.07, 6.45) is 14.7. The first-order chi connectivity index (χ1) is 20.0. The van der Waals surface area contributed by atoms with Gasteiger partial charge in [0.1, 0.15) is 24.3 Å². The van der Waals surface area contributed by atoms with Crippen molar-refractivity contribution in [3.63, 3.8) is 0 Å². The largest absolute Gasteiger partial charge is 0.491 e. The molecule has 0 bridgehead atoms. The first-order valence-corrected chi connectivity index (χ1v) is 15.1. The fraction of sp³-hybridized carbons (Fsp3) is 0.656. The summed E-state index contributed by atoms with van der Waals surface area (Å²) in [5.41, 5.74) is 0. The van der Waals surface area contributed by atoms with Gasteiger partial charge in [0.25, 0.3) is 0 Å². The number of carboxylic acid groups (broad SMARTS) is 1. The van der Waals surface area contributed by atoms with Gasteiger partial charge in [0.2, 0.25) is 0 Å². The molecule has 0 aromatic heterocycles. The minimum absolute atomic E-state index is 0.0693. The SMILES string of the molecule is O=C(O)CCCC=CC[C@@H]1[C@@H](C=CC(COc2ccc(F)cc2)OC2CCCCO2)[C@H](OC2CCCCO2)C[C@@H]1O. The molecule has 0 spiro atoms. The van der Waals surface area contributed by atoms with E-state index >= 15 is 0 Å². The van der Waals surface area contributed by atoms with Crippen molar-refractivity contribution in [2.45, 2.75) is 102 Å². The molecule has 3 unspecified atom stereocenters. The van der Waals surface area contributed by atoms with Crippen molar-refractivity contribution < 1.29 is 43.1 Å². The maximum absolute atomic E-state index is 13.4. The van der Waals surface area contributed by atoms with E-state index in [1.54, 1.807) is 12.1 Å². The Bertz CT molecular complexity index is 955. The number of halogens is 1. The Morgan fingerprint density at radius 1 is 1.05 bits per heavy atom. The van der Waals surface area contributed by atoms with Gasteiger partial charge in [-0.25, -0.2) is 4.39 Å². The van der Waals surface area contributed by atoms with Gasteiger partial charge < -0.3 is 33.9 Å². The second-order valence-electron chi connectivity index (χ2n) is 11.1. The van der Waals surface area contributed by atoms with Crippen molar-refractivity contribution in [2.75, 3.05) is 19.8 Å². The predicted octanol–water partition coefficient (Wildman–Crippen LogP) is 5.78. The molecule has 41 heavy (non-hydrogen) atoms. The van der Waals surface area contributed by atoms with Crippen LogP contribution in [0.2, 0.25) is 0 Å². The van der Waals surface area contributed by atoms with Crippen LogP contribution in [-0.4, -0.2) is 66.9 Å². The molecule has 2 heterocycles. The van der Waals surface area contributed by atoms with Crippen LogP contribution < -0.4 is 4.74 Å². The highest BCUT2D eigenvalue weighted by molar-refractivity contribution is 5.66. The van der Waals surface area contributed by atoms with Crippen LogP contribution in [0, 0.1) is 17.7 Å². The molecule has 0 radical (unpaired) electrons. The topological polar surface area (TPSA) is 104 Å². The number of carbonyl (C=O) groups is 1. The lowest BCUT2D eigenvalue weighted by Crippen LogP contribution is -2.32. The van der Waals surface area contributed by atoms with E-state index in [4.69, 9.17) is 28.8 Å². The number of unbranched alkanes of at least 4 members (excludes halogenated alkanes) is 1. The third-order valence-corrected chi connectivity index (χ3v) is 7.93. The number of hydrogen-bond donors (Lipinski definition) is 2. The van der Waals surface area contributed by atoms with Gasteiger partial charge in [-0.15, -0.1) is 0 Å². The van der Waals surface area contributed by atoms with Crippen molar-refractivity contribution >= 4 is 5.97 Å². The number of rotatable bonds is 15. The summed E-state index contributed by atoms with van der Waals surface area (Å²) in [6.45, 7) is 1.57. The number of aliphatic carboxylic acids is 1. The maximum atomic E-state index is 13.4. The standard InChI is InChI=1S/C32H45FO8/c33-23-13-15-24(16-14-23)39-22-25(40-31-11-5-7-19-37-31)17-18-27-26(9-3-1-2-4-10-30(35)36)28(34)21-29(27)41-32-12-6-8-20-38-32/h1,3,13-18,25-29,31-32,34H,2,4-12,19-22H2,(H,35,36)/t25?,26-,27-,28+,29-,31?,32?/m1/s1. The molecule has 0 amide bonds. The van der Waals surface area contributed by atoms with Gasteiger partial charge in [-0.3, -0.25) is 4.79 Å². The van der Waals surface area contributed by atoms with E-state index in [2.05, 4.69) is 6.08 Å². The number of allylic oxidation sites excluding steroid dienone is 2. The van der Waals surface area contributed by atoms with Crippen LogP contribution >= 0.6 is 0 Å². The van der Waals surface area contributed by atoms with E-state index in [1.165, 1.54) is 12.1 Å². The summed E-state index contributed by atoms with van der Waals surface area (Å²) in [6, 6.07) is 5.90. The number of aliphatic hydroxyl groups excluding tert-OH is 1. The molecule has 3 aliphatic rings. The molecule has 3 fully saturated rings. The molecule has 2 aliphatic heterocycles. The lowest BCUT2D eigenvalue weighted by molar-refractivity contribution is -0.193. The summed E-state index contributed by atoms with van der Waals surface area (Å²) in [5.74, 6) is -0.715. The molecule has 2 N–H and O–H groups in total. The van der Waals surface area contributed by atoms with E-state index in [-0.39, 0.29) is 49.4 Å². The monoisotopic (exact) mass is 576 g/mol. The molecule has 1 aromatic carbocycles. The average Bonchev–Trinajstić information content (AvgIpc) is 3.27. The zero-order chi connectivity index (χ0) is 28.9. The quantitative estimate of drug-likeness (QED) is 0.200. The van der Waals surface area contributed by atoms with Gasteiger partial charge in [-0.2, -0.15) is 0 Å². The van der Waals surface area contributed by atoms with Gasteiger partial charge in [0.15, 0.2) is 12.6 Å². The molecule has 4 rings (SSSR count). The number of hydrogen-bond acceptors (Lipinski definition) is 7. The summed E-state index contributed by atoms with van der Waals surface area (Å²) < 4.78 is 43.7. The zero-order valence-electron chi connectivity index (χ0n) is 23.8. The molecular weight excluding hydrogens is 531 g/mol. The minimum Gasteiger partial charge on any atom is -0.491 e. The molecule has 228 valence electrons. The predicted molar refractivity (Wildman–Crippen MR) is 151 cm³/mol. The Kier molecular flexibility index (Phi) is 13.1. The molecular formula is C32H45FO8. The Morgan fingerprint density at radius 2 is 1.78 bits per heavy atom. The van der Waals surface area contributed by atoms with Gasteiger partial charge in [0.05, 0.1) is 12.2 Å². The zero-order valence-corrected chi connectivity index (χ0v) is 23.8. The van der Waals surface area contributed by atoms with Crippen LogP contribution in [0.5, 0.6) is 5.75 Å². The Labute approximate surface area is 242 Å².